The fourth-order valence-electron chi connectivity index (χ4n) is 1.67. The van der Waals surface area contributed by atoms with Gasteiger partial charge in [-0.15, -0.1) is 0 Å². The largest absolute Gasteiger partial charge is 0.398 e. The molecule has 1 saturated carbocycles. The highest BCUT2D eigenvalue weighted by Crippen LogP contribution is 2.46. The van der Waals surface area contributed by atoms with Gasteiger partial charge in [0, 0.05) is 11.7 Å². The van der Waals surface area contributed by atoms with Crippen LogP contribution < -0.4 is 11.1 Å². The lowest BCUT2D eigenvalue weighted by Gasteiger charge is -2.09. The predicted octanol–water partition coefficient (Wildman–Crippen LogP) is 2.35. The lowest BCUT2D eigenvalue weighted by molar-refractivity contribution is 0.630. The molecule has 1 atom stereocenters. The van der Waals surface area contributed by atoms with Gasteiger partial charge in [0.15, 0.2) is 0 Å². The zero-order chi connectivity index (χ0) is 11.1. The van der Waals surface area contributed by atoms with Crippen molar-refractivity contribution < 1.29 is 0 Å². The van der Waals surface area contributed by atoms with E-state index in [4.69, 9.17) is 11.0 Å². The van der Waals surface area contributed by atoms with Crippen LogP contribution in [0.4, 0.5) is 11.4 Å². The number of nitrogens with two attached hydrogens (primary N) is 1. The molecule has 1 aromatic carbocycles. The summed E-state index contributed by atoms with van der Waals surface area (Å²) in [5, 5.41) is 12.1. The number of hydrogen-bond acceptors (Lipinski definition) is 3. The number of nitrogens with one attached hydrogen (secondary N) is 1. The molecule has 0 aliphatic heterocycles. The third kappa shape index (κ3) is 1.89. The molecule has 3 heteroatoms. The van der Waals surface area contributed by atoms with E-state index in [0.29, 0.717) is 22.7 Å². The summed E-state index contributed by atoms with van der Waals surface area (Å²) in [5.74, 6) is 0. The minimum atomic E-state index is 0.392. The first kappa shape index (κ1) is 9.85. The Balaban J connectivity index is 2.12. The highest BCUT2D eigenvalue weighted by molar-refractivity contribution is 5.63. The monoisotopic (exact) mass is 201 g/mol. The Morgan fingerprint density at radius 1 is 1.53 bits per heavy atom. The molecule has 1 aromatic rings. The van der Waals surface area contributed by atoms with Gasteiger partial charge in [-0.1, -0.05) is 13.8 Å². The summed E-state index contributed by atoms with van der Waals surface area (Å²) in [7, 11) is 0. The minimum absolute atomic E-state index is 0.392. The molecule has 0 heterocycles. The molecule has 0 amide bonds. The van der Waals surface area contributed by atoms with Crippen molar-refractivity contribution in [2.45, 2.75) is 26.3 Å². The summed E-state index contributed by atoms with van der Waals surface area (Å²) in [6.45, 7) is 4.47. The topological polar surface area (TPSA) is 61.8 Å². The Hall–Kier alpha value is -1.69. The molecule has 78 valence electrons. The Morgan fingerprint density at radius 3 is 2.67 bits per heavy atom. The van der Waals surface area contributed by atoms with Crippen LogP contribution in [0.5, 0.6) is 0 Å². The third-order valence-corrected chi connectivity index (χ3v) is 3.03. The average Bonchev–Trinajstić information content (AvgIpc) is 2.74. The van der Waals surface area contributed by atoms with Crippen molar-refractivity contribution in [1.29, 1.82) is 5.26 Å². The summed E-state index contributed by atoms with van der Waals surface area (Å²) in [5.41, 5.74) is 8.21. The van der Waals surface area contributed by atoms with Gasteiger partial charge in [0.2, 0.25) is 0 Å². The first-order chi connectivity index (χ1) is 7.03. The number of benzene rings is 1. The van der Waals surface area contributed by atoms with Crippen molar-refractivity contribution in [2.24, 2.45) is 5.41 Å². The summed E-state index contributed by atoms with van der Waals surface area (Å²) >= 11 is 0. The number of hydrogen-bond donors (Lipinski definition) is 2. The smallest absolute Gasteiger partial charge is 0.101 e. The van der Waals surface area contributed by atoms with Crippen LogP contribution in [0.2, 0.25) is 0 Å². The Bertz CT molecular complexity index is 429. The zero-order valence-electron chi connectivity index (χ0n) is 9.04. The van der Waals surface area contributed by atoms with Gasteiger partial charge < -0.3 is 11.1 Å². The van der Waals surface area contributed by atoms with E-state index in [9.17, 15) is 0 Å². The molecular formula is C12H15N3. The minimum Gasteiger partial charge on any atom is -0.398 e. The molecule has 0 aromatic heterocycles. The van der Waals surface area contributed by atoms with Crippen molar-refractivity contribution in [3.05, 3.63) is 23.8 Å². The van der Waals surface area contributed by atoms with E-state index in [1.807, 2.05) is 12.1 Å². The van der Waals surface area contributed by atoms with E-state index in [2.05, 4.69) is 25.2 Å². The highest BCUT2D eigenvalue weighted by Gasteiger charge is 2.45. The number of anilines is 2. The summed E-state index contributed by atoms with van der Waals surface area (Å²) < 4.78 is 0. The number of nitriles is 1. The molecule has 0 spiro atoms. The van der Waals surface area contributed by atoms with Crippen molar-refractivity contribution >= 4 is 11.4 Å². The Kier molecular flexibility index (Phi) is 2.08. The van der Waals surface area contributed by atoms with Crippen LogP contribution in [0.25, 0.3) is 0 Å². The standard InChI is InChI=1S/C12H15N3/c1-12(2)6-11(12)15-9-4-3-8(7-13)10(14)5-9/h3-5,11,15H,6,14H2,1-2H3. The van der Waals surface area contributed by atoms with Gasteiger partial charge in [-0.2, -0.15) is 5.26 Å². The molecule has 0 radical (unpaired) electrons. The van der Waals surface area contributed by atoms with Crippen LogP contribution >= 0.6 is 0 Å². The van der Waals surface area contributed by atoms with Gasteiger partial charge in [-0.05, 0) is 30.0 Å². The van der Waals surface area contributed by atoms with Gasteiger partial charge in [-0.3, -0.25) is 0 Å². The molecule has 3 nitrogen and oxygen atoms in total. The summed E-state index contributed by atoms with van der Waals surface area (Å²) in [6, 6.07) is 8.08. The van der Waals surface area contributed by atoms with Crippen LogP contribution in [0.3, 0.4) is 0 Å². The van der Waals surface area contributed by atoms with Crippen LogP contribution in [0, 0.1) is 16.7 Å². The lowest BCUT2D eigenvalue weighted by atomic mass is 10.1. The van der Waals surface area contributed by atoms with Crippen molar-refractivity contribution in [1.82, 2.24) is 0 Å². The van der Waals surface area contributed by atoms with Crippen LogP contribution in [0.15, 0.2) is 18.2 Å². The molecule has 1 fully saturated rings. The van der Waals surface area contributed by atoms with Crippen molar-refractivity contribution in [2.75, 3.05) is 11.1 Å². The van der Waals surface area contributed by atoms with Gasteiger partial charge in [-0.25, -0.2) is 0 Å². The van der Waals surface area contributed by atoms with Crippen LogP contribution in [0.1, 0.15) is 25.8 Å². The third-order valence-electron chi connectivity index (χ3n) is 3.03. The maximum atomic E-state index is 8.74. The van der Waals surface area contributed by atoms with E-state index < -0.39 is 0 Å². The Labute approximate surface area is 89.9 Å². The van der Waals surface area contributed by atoms with E-state index in [1.54, 1.807) is 6.07 Å². The second-order valence-corrected chi connectivity index (χ2v) is 4.80. The summed E-state index contributed by atoms with van der Waals surface area (Å²) in [6.07, 6.45) is 1.19. The maximum Gasteiger partial charge on any atom is 0.101 e. The average molecular weight is 201 g/mol. The van der Waals surface area contributed by atoms with Gasteiger partial charge in [0.25, 0.3) is 0 Å². The van der Waals surface area contributed by atoms with E-state index >= 15 is 0 Å². The lowest BCUT2D eigenvalue weighted by Crippen LogP contribution is -2.08. The number of rotatable bonds is 2. The van der Waals surface area contributed by atoms with Crippen LogP contribution in [-0.4, -0.2) is 6.04 Å². The molecular weight excluding hydrogens is 186 g/mol. The molecule has 0 bridgehead atoms. The fraction of sp³-hybridized carbons (Fsp3) is 0.417. The number of nitrogens with zero attached hydrogens (tertiary/aromatic N) is 1. The summed E-state index contributed by atoms with van der Waals surface area (Å²) in [4.78, 5) is 0. The van der Waals surface area contributed by atoms with Crippen molar-refractivity contribution in [3.8, 4) is 6.07 Å². The normalized spacial score (nSPS) is 21.8. The molecule has 2 rings (SSSR count). The SMILES string of the molecule is CC1(C)CC1Nc1ccc(C#N)c(N)c1. The molecule has 1 aliphatic rings. The second kappa shape index (κ2) is 3.16. The van der Waals surface area contributed by atoms with Gasteiger partial charge in [0.1, 0.15) is 6.07 Å². The second-order valence-electron chi connectivity index (χ2n) is 4.80. The van der Waals surface area contributed by atoms with Crippen molar-refractivity contribution in [3.63, 3.8) is 0 Å². The predicted molar refractivity (Wildman–Crippen MR) is 61.4 cm³/mol. The van der Waals surface area contributed by atoms with E-state index in [0.717, 1.165) is 5.69 Å². The molecule has 1 aliphatic carbocycles. The first-order valence-electron chi connectivity index (χ1n) is 5.09. The molecule has 15 heavy (non-hydrogen) atoms. The highest BCUT2D eigenvalue weighted by atomic mass is 15.0. The molecule has 0 saturated heterocycles. The zero-order valence-corrected chi connectivity index (χ0v) is 9.04. The van der Waals surface area contributed by atoms with Gasteiger partial charge >= 0.3 is 0 Å². The maximum absolute atomic E-state index is 8.74. The molecule has 1 unspecified atom stereocenters. The van der Waals surface area contributed by atoms with E-state index in [-0.39, 0.29) is 0 Å². The quantitative estimate of drug-likeness (QED) is 0.722. The number of nitrogen functional groups attached to an aromatic ring is 1. The first-order valence-corrected chi connectivity index (χ1v) is 5.09. The molecule has 3 N–H and O–H groups in total. The van der Waals surface area contributed by atoms with Crippen LogP contribution in [-0.2, 0) is 0 Å². The van der Waals surface area contributed by atoms with Gasteiger partial charge in [0.05, 0.1) is 11.3 Å². The fourth-order valence-corrected chi connectivity index (χ4v) is 1.67. The Morgan fingerprint density at radius 2 is 2.20 bits per heavy atom. The van der Waals surface area contributed by atoms with E-state index in [1.165, 1.54) is 6.42 Å².